The van der Waals surface area contributed by atoms with Crippen LogP contribution in [0.2, 0.25) is 0 Å². The lowest BCUT2D eigenvalue weighted by atomic mass is 10.2. The van der Waals surface area contributed by atoms with Crippen molar-refractivity contribution in [1.82, 2.24) is 18.8 Å². The first-order valence-electron chi connectivity index (χ1n) is 10.4. The molecule has 0 unspecified atom stereocenters. The third kappa shape index (κ3) is 3.63. The Morgan fingerprint density at radius 2 is 1.81 bits per heavy atom. The second kappa shape index (κ2) is 8.05. The summed E-state index contributed by atoms with van der Waals surface area (Å²) in [5.74, 6) is -0.756. The number of carbonyl (C=O) groups is 1. The number of halogens is 1. The number of amides is 1. The number of piperazine rings is 1. The molecule has 0 spiro atoms. The number of benzene rings is 1. The zero-order chi connectivity index (χ0) is 22.5. The number of aryl methyl sites for hydroxylation is 2. The Morgan fingerprint density at radius 1 is 1.09 bits per heavy atom. The van der Waals surface area contributed by atoms with Gasteiger partial charge in [-0.25, -0.2) is 17.8 Å². The van der Waals surface area contributed by atoms with Crippen LogP contribution < -0.4 is 5.56 Å². The number of thiophene rings is 1. The number of hydrogen-bond donors (Lipinski definition) is 0. The molecule has 1 amide bonds. The summed E-state index contributed by atoms with van der Waals surface area (Å²) in [4.78, 5) is 33.7. The number of carbonyl (C=O) groups excluding carboxylic acids is 1. The van der Waals surface area contributed by atoms with E-state index in [1.54, 1.807) is 16.2 Å². The van der Waals surface area contributed by atoms with Gasteiger partial charge in [-0.15, -0.1) is 11.3 Å². The Kier molecular flexibility index (Phi) is 5.34. The average molecular weight is 477 g/mol. The molecule has 3 aromatic rings. The summed E-state index contributed by atoms with van der Waals surface area (Å²) in [7, 11) is -3.75. The molecular weight excluding hydrogens is 455 g/mol. The predicted octanol–water partition coefficient (Wildman–Crippen LogP) is 1.62. The van der Waals surface area contributed by atoms with Crippen molar-refractivity contribution in [3.05, 3.63) is 57.2 Å². The first kappa shape index (κ1) is 21.2. The summed E-state index contributed by atoms with van der Waals surface area (Å²) in [6, 6.07) is 4.69. The van der Waals surface area contributed by atoms with Crippen LogP contribution >= 0.6 is 11.3 Å². The van der Waals surface area contributed by atoms with Gasteiger partial charge in [-0.3, -0.25) is 14.2 Å². The molecule has 1 aromatic carbocycles. The molecule has 11 heteroatoms. The number of hydrogen-bond acceptors (Lipinski definition) is 6. The Bertz CT molecular complexity index is 1360. The molecule has 32 heavy (non-hydrogen) atoms. The number of sulfonamides is 1. The van der Waals surface area contributed by atoms with Crippen molar-refractivity contribution in [3.8, 4) is 0 Å². The number of rotatable bonds is 4. The molecule has 5 rings (SSSR count). The highest BCUT2D eigenvalue weighted by Gasteiger charge is 2.30. The largest absolute Gasteiger partial charge is 0.338 e. The lowest BCUT2D eigenvalue weighted by molar-refractivity contribution is -0.133. The monoisotopic (exact) mass is 476 g/mol. The number of fused-ring (bicyclic) bond motifs is 3. The van der Waals surface area contributed by atoms with Gasteiger partial charge in [0.25, 0.3) is 5.56 Å². The van der Waals surface area contributed by atoms with E-state index in [0.29, 0.717) is 5.39 Å². The highest BCUT2D eigenvalue weighted by molar-refractivity contribution is 7.89. The fraction of sp³-hybridized carbons (Fsp3) is 0.381. The fourth-order valence-corrected chi connectivity index (χ4v) is 6.95. The maximum Gasteiger partial charge on any atom is 0.262 e. The molecule has 0 radical (unpaired) electrons. The van der Waals surface area contributed by atoms with Gasteiger partial charge in [0.15, 0.2) is 0 Å². The van der Waals surface area contributed by atoms with Gasteiger partial charge < -0.3 is 4.90 Å². The van der Waals surface area contributed by atoms with Gasteiger partial charge in [-0.05, 0) is 49.1 Å². The van der Waals surface area contributed by atoms with Crippen LogP contribution in [-0.2, 0) is 34.2 Å². The van der Waals surface area contributed by atoms with Gasteiger partial charge in [-0.2, -0.15) is 4.31 Å². The highest BCUT2D eigenvalue weighted by atomic mass is 32.2. The molecule has 1 aliphatic carbocycles. The molecule has 0 N–H and O–H groups in total. The van der Waals surface area contributed by atoms with Crippen LogP contribution in [0.5, 0.6) is 0 Å². The van der Waals surface area contributed by atoms with Gasteiger partial charge in [0.2, 0.25) is 15.9 Å². The van der Waals surface area contributed by atoms with E-state index in [1.165, 1.54) is 32.2 Å². The van der Waals surface area contributed by atoms with Gasteiger partial charge in [0.05, 0.1) is 16.6 Å². The van der Waals surface area contributed by atoms with E-state index >= 15 is 0 Å². The first-order chi connectivity index (χ1) is 15.3. The van der Waals surface area contributed by atoms with Crippen LogP contribution in [0, 0.1) is 5.82 Å². The van der Waals surface area contributed by atoms with Gasteiger partial charge in [-0.1, -0.05) is 0 Å². The summed E-state index contributed by atoms with van der Waals surface area (Å²) in [5, 5.41) is 0.632. The summed E-state index contributed by atoms with van der Waals surface area (Å²) in [6.07, 6.45) is 4.30. The Morgan fingerprint density at radius 3 is 2.53 bits per heavy atom. The molecule has 2 aliphatic rings. The molecule has 168 valence electrons. The van der Waals surface area contributed by atoms with E-state index < -0.39 is 15.8 Å². The standard InChI is InChI=1S/C21H21FN4O4S2/c22-14-4-6-15(7-5-14)32(29,30)26-10-8-24(9-11-26)18(27)12-25-13-23-20-19(21(25)28)16-2-1-3-17(16)31-20/h4-7,13H,1-3,8-12H2. The van der Waals surface area contributed by atoms with Crippen molar-refractivity contribution < 1.29 is 17.6 Å². The van der Waals surface area contributed by atoms with Crippen molar-refractivity contribution in [2.24, 2.45) is 0 Å². The summed E-state index contributed by atoms with van der Waals surface area (Å²) < 4.78 is 41.3. The molecule has 0 atom stereocenters. The van der Waals surface area contributed by atoms with Gasteiger partial charge in [0.1, 0.15) is 17.2 Å². The third-order valence-electron chi connectivity index (χ3n) is 6.04. The van der Waals surface area contributed by atoms with Gasteiger partial charge >= 0.3 is 0 Å². The van der Waals surface area contributed by atoms with Crippen molar-refractivity contribution in [2.45, 2.75) is 30.7 Å². The smallest absolute Gasteiger partial charge is 0.262 e. The topological polar surface area (TPSA) is 92.6 Å². The second-order valence-corrected chi connectivity index (χ2v) is 11.0. The fourth-order valence-electron chi connectivity index (χ4n) is 4.31. The average Bonchev–Trinajstić information content (AvgIpc) is 3.37. The van der Waals surface area contributed by atoms with Crippen LogP contribution in [-0.4, -0.2) is 59.3 Å². The molecular formula is C21H21FN4O4S2. The van der Waals surface area contributed by atoms with Crippen molar-refractivity contribution >= 4 is 37.5 Å². The van der Waals surface area contributed by atoms with Crippen LogP contribution in [0.3, 0.4) is 0 Å². The maximum absolute atomic E-state index is 13.1. The Balaban J connectivity index is 1.28. The minimum Gasteiger partial charge on any atom is -0.338 e. The second-order valence-electron chi connectivity index (χ2n) is 7.95. The van der Waals surface area contributed by atoms with Gasteiger partial charge in [0, 0.05) is 31.1 Å². The Hall–Kier alpha value is -2.63. The van der Waals surface area contributed by atoms with E-state index in [1.807, 2.05) is 0 Å². The SMILES string of the molecule is O=C(Cn1cnc2sc3c(c2c1=O)CCC3)N1CCN(S(=O)(=O)c2ccc(F)cc2)CC1. The molecule has 0 bridgehead atoms. The van der Waals surface area contributed by atoms with E-state index in [4.69, 9.17) is 0 Å². The molecule has 0 saturated carbocycles. The third-order valence-corrected chi connectivity index (χ3v) is 9.15. The van der Waals surface area contributed by atoms with E-state index in [0.717, 1.165) is 41.8 Å². The van der Waals surface area contributed by atoms with E-state index in [9.17, 15) is 22.4 Å². The summed E-state index contributed by atoms with van der Waals surface area (Å²) in [6.45, 7) is 0.581. The number of aromatic nitrogens is 2. The maximum atomic E-state index is 13.1. The zero-order valence-corrected chi connectivity index (χ0v) is 18.8. The first-order valence-corrected chi connectivity index (χ1v) is 12.6. The molecule has 8 nitrogen and oxygen atoms in total. The molecule has 1 fully saturated rings. The number of nitrogens with zero attached hydrogens (tertiary/aromatic N) is 4. The molecule has 3 heterocycles. The van der Waals surface area contributed by atoms with Crippen molar-refractivity contribution in [1.29, 1.82) is 0 Å². The lowest BCUT2D eigenvalue weighted by Crippen LogP contribution is -2.51. The predicted molar refractivity (Wildman–Crippen MR) is 118 cm³/mol. The lowest BCUT2D eigenvalue weighted by Gasteiger charge is -2.34. The van der Waals surface area contributed by atoms with Crippen molar-refractivity contribution in [2.75, 3.05) is 26.2 Å². The van der Waals surface area contributed by atoms with Crippen LogP contribution in [0.15, 0.2) is 40.3 Å². The minimum atomic E-state index is -3.75. The minimum absolute atomic E-state index is 0.0212. The molecule has 1 aliphatic heterocycles. The van der Waals surface area contributed by atoms with Crippen molar-refractivity contribution in [3.63, 3.8) is 0 Å². The Labute approximate surface area is 188 Å². The quantitative estimate of drug-likeness (QED) is 0.571. The highest BCUT2D eigenvalue weighted by Crippen LogP contribution is 2.34. The van der Waals surface area contributed by atoms with E-state index in [2.05, 4.69) is 4.98 Å². The van der Waals surface area contributed by atoms with Crippen LogP contribution in [0.1, 0.15) is 16.9 Å². The summed E-state index contributed by atoms with van der Waals surface area (Å²) >= 11 is 1.55. The zero-order valence-electron chi connectivity index (χ0n) is 17.2. The van der Waals surface area contributed by atoms with Crippen LogP contribution in [0.25, 0.3) is 10.2 Å². The normalized spacial score (nSPS) is 17.1. The molecule has 2 aromatic heterocycles. The molecule has 1 saturated heterocycles. The van der Waals surface area contributed by atoms with Crippen LogP contribution in [0.4, 0.5) is 4.39 Å². The van der Waals surface area contributed by atoms with E-state index in [-0.39, 0.29) is 49.1 Å². The summed E-state index contributed by atoms with van der Waals surface area (Å²) in [5.41, 5.74) is 0.879.